The van der Waals surface area contributed by atoms with Crippen LogP contribution in [0.1, 0.15) is 22.3 Å². The molecule has 1 aliphatic heterocycles. The highest BCUT2D eigenvalue weighted by Crippen LogP contribution is 2.35. The summed E-state index contributed by atoms with van der Waals surface area (Å²) in [5.41, 5.74) is -0.195. The zero-order chi connectivity index (χ0) is 21.0. The molecule has 2 aromatic carbocycles. The molecule has 0 aliphatic carbocycles. The van der Waals surface area contributed by atoms with E-state index in [1.54, 1.807) is 0 Å². The zero-order valence-electron chi connectivity index (χ0n) is 15.7. The van der Waals surface area contributed by atoms with Gasteiger partial charge in [-0.2, -0.15) is 0 Å². The van der Waals surface area contributed by atoms with Crippen LogP contribution >= 0.6 is 0 Å². The van der Waals surface area contributed by atoms with Crippen LogP contribution in [0.25, 0.3) is 0 Å². The first-order valence-corrected chi connectivity index (χ1v) is 8.97. The number of nitrogens with zero attached hydrogens (tertiary/aromatic N) is 3. The third kappa shape index (κ3) is 4.66. The summed E-state index contributed by atoms with van der Waals surface area (Å²) >= 11 is 0. The lowest BCUT2D eigenvalue weighted by atomic mass is 10.1. The predicted octanol–water partition coefficient (Wildman–Crippen LogP) is 2.98. The molecular formula is C19H20N4O6. The Bertz CT molecular complexity index is 934. The van der Waals surface area contributed by atoms with E-state index in [9.17, 15) is 25.0 Å². The van der Waals surface area contributed by atoms with Crippen molar-refractivity contribution in [2.45, 2.75) is 19.0 Å². The van der Waals surface area contributed by atoms with Gasteiger partial charge in [-0.25, -0.2) is 4.79 Å². The Labute approximate surface area is 166 Å². The minimum atomic E-state index is -0.876. The number of hydrogen-bond donors (Lipinski definition) is 1. The van der Waals surface area contributed by atoms with Crippen molar-refractivity contribution in [3.8, 4) is 0 Å². The second-order valence-electron chi connectivity index (χ2n) is 6.74. The minimum Gasteiger partial charge on any atom is -0.465 e. The smallest absolute Gasteiger partial charge is 0.340 e. The molecule has 0 radical (unpaired) electrons. The third-order valence-electron chi connectivity index (χ3n) is 4.78. The van der Waals surface area contributed by atoms with Crippen LogP contribution in [0, 0.1) is 20.2 Å². The Morgan fingerprint density at radius 3 is 2.55 bits per heavy atom. The van der Waals surface area contributed by atoms with Gasteiger partial charge < -0.3 is 10.1 Å². The maximum atomic E-state index is 12.1. The summed E-state index contributed by atoms with van der Waals surface area (Å²) in [6, 6.07) is 11.6. The van der Waals surface area contributed by atoms with Gasteiger partial charge in [-0.1, -0.05) is 30.3 Å². The number of benzene rings is 2. The molecule has 1 N–H and O–H groups in total. The second-order valence-corrected chi connectivity index (χ2v) is 6.74. The lowest BCUT2D eigenvalue weighted by Crippen LogP contribution is -2.27. The molecule has 152 valence electrons. The van der Waals surface area contributed by atoms with Crippen molar-refractivity contribution in [1.82, 2.24) is 4.90 Å². The van der Waals surface area contributed by atoms with Gasteiger partial charge in [0.05, 0.1) is 28.6 Å². The van der Waals surface area contributed by atoms with Gasteiger partial charge in [0.2, 0.25) is 0 Å². The number of rotatable bonds is 7. The van der Waals surface area contributed by atoms with Gasteiger partial charge in [0.1, 0.15) is 5.69 Å². The lowest BCUT2D eigenvalue weighted by molar-refractivity contribution is -0.393. The molecule has 0 spiro atoms. The van der Waals surface area contributed by atoms with Gasteiger partial charge in [-0.15, -0.1) is 0 Å². The van der Waals surface area contributed by atoms with Crippen molar-refractivity contribution in [2.24, 2.45) is 0 Å². The second kappa shape index (κ2) is 8.65. The summed E-state index contributed by atoms with van der Waals surface area (Å²) in [5, 5.41) is 25.7. The average molecular weight is 400 g/mol. The summed E-state index contributed by atoms with van der Waals surface area (Å²) in [5.74, 6) is -0.876. The Morgan fingerprint density at radius 1 is 1.21 bits per heavy atom. The Hall–Kier alpha value is -3.53. The summed E-state index contributed by atoms with van der Waals surface area (Å²) in [6.07, 6.45) is 0.710. The first-order valence-electron chi connectivity index (χ1n) is 8.97. The number of non-ortho nitro benzene ring substituents is 1. The van der Waals surface area contributed by atoms with E-state index in [1.165, 1.54) is 0 Å². The number of methoxy groups -OCH3 is 1. The summed E-state index contributed by atoms with van der Waals surface area (Å²) < 4.78 is 4.68. The molecule has 10 heteroatoms. The van der Waals surface area contributed by atoms with Crippen molar-refractivity contribution >= 4 is 23.0 Å². The maximum absolute atomic E-state index is 12.1. The largest absolute Gasteiger partial charge is 0.465 e. The number of carbonyl (C=O) groups is 1. The van der Waals surface area contributed by atoms with Crippen molar-refractivity contribution in [3.63, 3.8) is 0 Å². The van der Waals surface area contributed by atoms with Gasteiger partial charge in [0.15, 0.2) is 0 Å². The molecule has 0 aromatic heterocycles. The van der Waals surface area contributed by atoms with Crippen LogP contribution in [0.2, 0.25) is 0 Å². The molecule has 1 aliphatic rings. The van der Waals surface area contributed by atoms with Crippen LogP contribution in [0.4, 0.5) is 17.1 Å². The van der Waals surface area contributed by atoms with E-state index in [4.69, 9.17) is 0 Å². The summed E-state index contributed by atoms with van der Waals surface area (Å²) in [7, 11) is 1.12. The number of nitro groups is 2. The monoisotopic (exact) mass is 400 g/mol. The van der Waals surface area contributed by atoms with E-state index >= 15 is 0 Å². The van der Waals surface area contributed by atoms with Crippen molar-refractivity contribution in [1.29, 1.82) is 0 Å². The van der Waals surface area contributed by atoms with Crippen LogP contribution in [0.3, 0.4) is 0 Å². The van der Waals surface area contributed by atoms with Gasteiger partial charge in [0, 0.05) is 31.7 Å². The fourth-order valence-corrected chi connectivity index (χ4v) is 3.42. The number of hydrogen-bond acceptors (Lipinski definition) is 8. The summed E-state index contributed by atoms with van der Waals surface area (Å²) in [4.78, 5) is 35.5. The molecule has 1 atom stereocenters. The van der Waals surface area contributed by atoms with E-state index in [0.29, 0.717) is 13.0 Å². The molecule has 3 rings (SSSR count). The molecule has 29 heavy (non-hydrogen) atoms. The Morgan fingerprint density at radius 2 is 1.93 bits per heavy atom. The van der Waals surface area contributed by atoms with Crippen LogP contribution in [0.15, 0.2) is 42.5 Å². The van der Waals surface area contributed by atoms with Crippen molar-refractivity contribution in [2.75, 3.05) is 25.5 Å². The van der Waals surface area contributed by atoms with Gasteiger partial charge in [-0.05, 0) is 12.0 Å². The zero-order valence-corrected chi connectivity index (χ0v) is 15.7. The molecule has 0 bridgehead atoms. The molecule has 10 nitrogen and oxygen atoms in total. The molecule has 0 amide bonds. The molecule has 1 saturated heterocycles. The normalized spacial score (nSPS) is 16.4. The number of carbonyl (C=O) groups excluding carboxylic acids is 1. The quantitative estimate of drug-likeness (QED) is 0.427. The third-order valence-corrected chi connectivity index (χ3v) is 4.78. The number of likely N-dealkylation sites (tertiary alicyclic amines) is 1. The van der Waals surface area contributed by atoms with E-state index in [0.717, 1.165) is 37.9 Å². The van der Waals surface area contributed by atoms with Gasteiger partial charge in [-0.3, -0.25) is 25.1 Å². The number of nitro benzene ring substituents is 2. The minimum absolute atomic E-state index is 0.0565. The highest BCUT2D eigenvalue weighted by molar-refractivity contribution is 5.99. The van der Waals surface area contributed by atoms with E-state index in [2.05, 4.69) is 15.0 Å². The van der Waals surface area contributed by atoms with Crippen molar-refractivity contribution in [3.05, 3.63) is 73.8 Å². The first-order chi connectivity index (χ1) is 13.9. The number of ether oxygens (including phenoxy) is 1. The van der Waals surface area contributed by atoms with Crippen LogP contribution in [-0.4, -0.2) is 47.0 Å². The predicted molar refractivity (Wildman–Crippen MR) is 105 cm³/mol. The van der Waals surface area contributed by atoms with Crippen molar-refractivity contribution < 1.29 is 19.4 Å². The average Bonchev–Trinajstić information content (AvgIpc) is 3.14. The number of nitrogens with one attached hydrogen (secondary N) is 1. The fraction of sp³-hybridized carbons (Fsp3) is 0.316. The van der Waals surface area contributed by atoms with Gasteiger partial charge in [0.25, 0.3) is 11.4 Å². The lowest BCUT2D eigenvalue weighted by Gasteiger charge is -2.18. The molecule has 0 saturated carbocycles. The summed E-state index contributed by atoms with van der Waals surface area (Å²) in [6.45, 7) is 2.13. The van der Waals surface area contributed by atoms with Crippen LogP contribution < -0.4 is 5.32 Å². The molecule has 1 heterocycles. The number of esters is 1. The maximum Gasteiger partial charge on any atom is 0.340 e. The van der Waals surface area contributed by atoms with Gasteiger partial charge >= 0.3 is 5.97 Å². The highest BCUT2D eigenvalue weighted by Gasteiger charge is 2.31. The Kier molecular flexibility index (Phi) is 6.03. The Balaban J connectivity index is 1.85. The fourth-order valence-electron chi connectivity index (χ4n) is 3.42. The molecule has 1 fully saturated rings. The topological polar surface area (TPSA) is 128 Å². The first kappa shape index (κ1) is 20.2. The SMILES string of the molecule is COC(=O)c1cc([N+](=O)[O-])cc([N+](=O)[O-])c1NC1CCN(Cc2ccccc2)C1. The van der Waals surface area contributed by atoms with E-state index in [-0.39, 0.29) is 17.3 Å². The molecular weight excluding hydrogens is 380 g/mol. The highest BCUT2D eigenvalue weighted by atomic mass is 16.6. The van der Waals surface area contributed by atoms with E-state index < -0.39 is 27.2 Å². The van der Waals surface area contributed by atoms with Crippen LogP contribution in [0.5, 0.6) is 0 Å². The standard InChI is InChI=1S/C19H20N4O6/c1-29-19(24)16-9-15(22(25)26)10-17(23(27)28)18(16)20-14-7-8-21(12-14)11-13-5-3-2-4-6-13/h2-6,9-10,14,20H,7-8,11-12H2,1H3. The molecule has 2 aromatic rings. The molecule has 1 unspecified atom stereocenters. The van der Waals surface area contributed by atoms with E-state index in [1.807, 2.05) is 30.3 Å². The number of anilines is 1. The van der Waals surface area contributed by atoms with Crippen LogP contribution in [-0.2, 0) is 11.3 Å².